The van der Waals surface area contributed by atoms with Crippen LogP contribution in [0.2, 0.25) is 0 Å². The van der Waals surface area contributed by atoms with Crippen molar-refractivity contribution in [3.63, 3.8) is 0 Å². The molecular weight excluding hydrogens is 671 g/mol. The lowest BCUT2D eigenvalue weighted by molar-refractivity contribution is 0.669. The molecule has 0 unspecified atom stereocenters. The topological polar surface area (TPSA) is 51.8 Å². The van der Waals surface area contributed by atoms with E-state index < -0.39 is 0 Å². The minimum absolute atomic E-state index is 0.00907. The first-order valence-corrected chi connectivity index (χ1v) is 18.0. The zero-order valence-electron chi connectivity index (χ0n) is 35.2. The average Bonchev–Trinajstić information content (AvgIpc) is 3.73. The fourth-order valence-corrected chi connectivity index (χ4v) is 7.51. The molecule has 55 heavy (non-hydrogen) atoms. The first-order valence-electron chi connectivity index (χ1n) is 21.0. The van der Waals surface area contributed by atoms with Gasteiger partial charge < -0.3 is 4.42 Å². The van der Waals surface area contributed by atoms with Crippen LogP contribution in [0.4, 0.5) is 0 Å². The molecule has 0 aliphatic heterocycles. The van der Waals surface area contributed by atoms with Crippen LogP contribution in [0.5, 0.6) is 0 Å². The molecule has 9 aromatic carbocycles. The number of hydrogen-bond donors (Lipinski definition) is 0. The third-order valence-corrected chi connectivity index (χ3v) is 10.2. The molecule has 0 spiro atoms. The Morgan fingerprint density at radius 2 is 0.836 bits per heavy atom. The van der Waals surface area contributed by atoms with E-state index in [1.165, 1.54) is 0 Å². The van der Waals surface area contributed by atoms with Gasteiger partial charge in [-0.1, -0.05) is 152 Å². The molecular formula is C51H31N3O. The zero-order chi connectivity index (χ0) is 41.5. The monoisotopic (exact) mass is 707 g/mol. The normalized spacial score (nSPS) is 13.2. The Bertz CT molecular complexity index is 3580. The van der Waals surface area contributed by atoms with Crippen molar-refractivity contribution in [2.75, 3.05) is 0 Å². The SMILES string of the molecule is [2H]c1c(-c2ccc3c4ccccc4c4ccccc4c3c2)c([2H])c2c(oc3c([2H])c(-c4nc(-c5ccccc5)nc(-c5cccc(-c6ccccc6)c5)n4)c([2H])c([2H])c32)c1[2H]. The summed E-state index contributed by atoms with van der Waals surface area (Å²) < 4.78 is 62.6. The highest BCUT2D eigenvalue weighted by atomic mass is 16.3. The van der Waals surface area contributed by atoms with E-state index in [2.05, 4.69) is 24.3 Å². The van der Waals surface area contributed by atoms with E-state index in [1.807, 2.05) is 127 Å². The number of hydrogen-bond acceptors (Lipinski definition) is 4. The maximum absolute atomic E-state index is 9.59. The van der Waals surface area contributed by atoms with Crippen LogP contribution in [-0.2, 0) is 0 Å². The fraction of sp³-hybridized carbons (Fsp3) is 0. The van der Waals surface area contributed by atoms with Crippen LogP contribution in [0.1, 0.15) is 8.22 Å². The molecule has 0 aliphatic rings. The van der Waals surface area contributed by atoms with E-state index in [4.69, 9.17) is 19.4 Å². The average molecular weight is 708 g/mol. The van der Waals surface area contributed by atoms with E-state index in [0.717, 1.165) is 43.4 Å². The highest BCUT2D eigenvalue weighted by Gasteiger charge is 2.16. The van der Waals surface area contributed by atoms with Crippen molar-refractivity contribution in [1.29, 1.82) is 0 Å². The van der Waals surface area contributed by atoms with Gasteiger partial charge in [-0.05, 0) is 90.9 Å². The molecule has 2 heterocycles. The molecule has 11 aromatic rings. The van der Waals surface area contributed by atoms with Crippen LogP contribution in [0.25, 0.3) is 111 Å². The van der Waals surface area contributed by atoms with E-state index in [9.17, 15) is 8.22 Å². The van der Waals surface area contributed by atoms with Crippen LogP contribution in [0.15, 0.2) is 192 Å². The number of fused-ring (bicyclic) bond motifs is 9. The summed E-state index contributed by atoms with van der Waals surface area (Å²) in [6, 6.07) is 47.8. The third kappa shape index (κ3) is 5.34. The lowest BCUT2D eigenvalue weighted by Gasteiger charge is -2.12. The minimum atomic E-state index is -0.333. The smallest absolute Gasteiger partial charge is 0.164 e. The first kappa shape index (κ1) is 25.5. The van der Waals surface area contributed by atoms with Gasteiger partial charge in [-0.2, -0.15) is 0 Å². The maximum Gasteiger partial charge on any atom is 0.164 e. The second-order valence-corrected chi connectivity index (χ2v) is 13.5. The second-order valence-electron chi connectivity index (χ2n) is 13.5. The first-order chi connectivity index (χ1) is 29.8. The molecule has 256 valence electrons. The Morgan fingerprint density at radius 1 is 0.309 bits per heavy atom. The van der Waals surface area contributed by atoms with Crippen LogP contribution in [0, 0.1) is 0 Å². The molecule has 0 N–H and O–H groups in total. The van der Waals surface area contributed by atoms with Crippen LogP contribution >= 0.6 is 0 Å². The molecule has 2 aromatic heterocycles. The number of aromatic nitrogens is 3. The molecule has 0 atom stereocenters. The van der Waals surface area contributed by atoms with E-state index >= 15 is 0 Å². The third-order valence-electron chi connectivity index (χ3n) is 10.2. The molecule has 0 fully saturated rings. The molecule has 0 radical (unpaired) electrons. The number of rotatable bonds is 5. The van der Waals surface area contributed by atoms with E-state index in [1.54, 1.807) is 0 Å². The van der Waals surface area contributed by atoms with Crippen LogP contribution in [-0.4, -0.2) is 15.0 Å². The lowest BCUT2D eigenvalue weighted by atomic mass is 9.92. The van der Waals surface area contributed by atoms with Crippen molar-refractivity contribution in [2.24, 2.45) is 0 Å². The van der Waals surface area contributed by atoms with Gasteiger partial charge in [0.05, 0.1) is 8.22 Å². The van der Waals surface area contributed by atoms with Crippen molar-refractivity contribution in [3.05, 3.63) is 188 Å². The predicted molar refractivity (Wildman–Crippen MR) is 227 cm³/mol. The van der Waals surface area contributed by atoms with Crippen molar-refractivity contribution in [2.45, 2.75) is 0 Å². The van der Waals surface area contributed by atoms with Crippen molar-refractivity contribution >= 4 is 54.3 Å². The van der Waals surface area contributed by atoms with Gasteiger partial charge in [0.2, 0.25) is 0 Å². The lowest BCUT2D eigenvalue weighted by Crippen LogP contribution is -2.00. The summed E-state index contributed by atoms with van der Waals surface area (Å²) in [7, 11) is 0. The molecule has 0 aliphatic carbocycles. The second kappa shape index (κ2) is 12.6. The van der Waals surface area contributed by atoms with Crippen LogP contribution in [0.3, 0.4) is 0 Å². The Morgan fingerprint density at radius 3 is 1.55 bits per heavy atom. The van der Waals surface area contributed by atoms with Gasteiger partial charge in [0.15, 0.2) is 17.5 Å². The summed E-state index contributed by atoms with van der Waals surface area (Å²) in [6.07, 6.45) is 0. The van der Waals surface area contributed by atoms with Gasteiger partial charge in [0, 0.05) is 27.5 Å². The van der Waals surface area contributed by atoms with E-state index in [0.29, 0.717) is 28.3 Å². The Balaban J connectivity index is 1.13. The number of benzene rings is 9. The number of nitrogens with zero attached hydrogens (tertiary/aromatic N) is 3. The summed E-state index contributed by atoms with van der Waals surface area (Å²) in [5.41, 5.74) is 3.90. The Hall–Kier alpha value is -7.43. The number of furan rings is 1. The molecule has 0 amide bonds. The largest absolute Gasteiger partial charge is 0.456 e. The van der Waals surface area contributed by atoms with Gasteiger partial charge in [-0.25, -0.2) is 15.0 Å². The summed E-state index contributed by atoms with van der Waals surface area (Å²) in [5.74, 6) is 0.648. The molecule has 0 saturated heterocycles. The maximum atomic E-state index is 9.59. The standard InChI is InChI=1S/C51H31N3O/c1-3-12-32(13-4-1)34-16-11-17-37(28-34)50-52-49(33-14-5-2-6-15-33)53-51(54-50)38-23-26-44-46-30-36(24-27-47(46)55-48(44)31-38)35-22-25-43-41-20-8-7-18-39(41)40-19-9-10-21-42(40)45(43)29-35/h1-31H/i23D,24D,26D,27D,30D,31D. The molecule has 4 heteroatoms. The molecule has 4 nitrogen and oxygen atoms in total. The van der Waals surface area contributed by atoms with Crippen molar-refractivity contribution < 1.29 is 12.6 Å². The summed E-state index contributed by atoms with van der Waals surface area (Å²) >= 11 is 0. The molecule has 11 rings (SSSR count). The highest BCUT2D eigenvalue weighted by molar-refractivity contribution is 6.25. The summed E-state index contributed by atoms with van der Waals surface area (Å²) in [6.45, 7) is 0. The molecule has 0 saturated carbocycles. The van der Waals surface area contributed by atoms with Gasteiger partial charge in [0.25, 0.3) is 0 Å². The van der Waals surface area contributed by atoms with Crippen molar-refractivity contribution in [1.82, 2.24) is 15.0 Å². The fourth-order valence-electron chi connectivity index (χ4n) is 7.51. The summed E-state index contributed by atoms with van der Waals surface area (Å²) in [4.78, 5) is 14.5. The minimum Gasteiger partial charge on any atom is -0.456 e. The Labute approximate surface area is 325 Å². The van der Waals surface area contributed by atoms with Gasteiger partial charge in [-0.15, -0.1) is 0 Å². The molecule has 0 bridgehead atoms. The Kier molecular flexibility index (Phi) is 5.85. The summed E-state index contributed by atoms with van der Waals surface area (Å²) in [5, 5.41) is 6.45. The van der Waals surface area contributed by atoms with Gasteiger partial charge in [-0.3, -0.25) is 0 Å². The predicted octanol–water partition coefficient (Wildman–Crippen LogP) is 13.6. The quantitative estimate of drug-likeness (QED) is 0.167. The van der Waals surface area contributed by atoms with Gasteiger partial charge in [0.1, 0.15) is 11.2 Å². The van der Waals surface area contributed by atoms with Crippen molar-refractivity contribution in [3.8, 4) is 56.4 Å². The van der Waals surface area contributed by atoms with E-state index in [-0.39, 0.29) is 75.1 Å². The van der Waals surface area contributed by atoms with Gasteiger partial charge >= 0.3 is 0 Å². The van der Waals surface area contributed by atoms with Crippen LogP contribution < -0.4 is 0 Å². The highest BCUT2D eigenvalue weighted by Crippen LogP contribution is 2.39. The zero-order valence-corrected chi connectivity index (χ0v) is 29.2.